The molecular formula is C20H18F6N2O6. The highest BCUT2D eigenvalue weighted by atomic mass is 19.4. The van der Waals surface area contributed by atoms with Crippen molar-refractivity contribution in [3.63, 3.8) is 0 Å². The number of halogens is 6. The van der Waals surface area contributed by atoms with Crippen LogP contribution in [0.25, 0.3) is 0 Å². The van der Waals surface area contributed by atoms with Crippen LogP contribution in [0.5, 0.6) is 5.75 Å². The number of ether oxygens (including phenoxy) is 1. The number of carboxylic acid groups (broad SMARTS) is 2. The topological polar surface area (TPSA) is 139 Å². The summed E-state index contributed by atoms with van der Waals surface area (Å²) in [6.07, 6.45) is -9.45. The van der Waals surface area contributed by atoms with E-state index in [4.69, 9.17) is 24.5 Å². The number of rotatable bonds is 4. The summed E-state index contributed by atoms with van der Waals surface area (Å²) in [5.41, 5.74) is 6.78. The van der Waals surface area contributed by atoms with Crippen molar-refractivity contribution in [3.8, 4) is 5.75 Å². The third-order valence-electron chi connectivity index (χ3n) is 3.90. The molecule has 2 aromatic carbocycles. The fourth-order valence-electron chi connectivity index (χ4n) is 2.32. The van der Waals surface area contributed by atoms with Gasteiger partial charge in [-0.25, -0.2) is 9.59 Å². The van der Waals surface area contributed by atoms with Crippen molar-refractivity contribution in [2.45, 2.75) is 31.4 Å². The first-order chi connectivity index (χ1) is 15.6. The number of primary amides is 1. The van der Waals surface area contributed by atoms with Crippen molar-refractivity contribution < 1.29 is 55.7 Å². The third-order valence-corrected chi connectivity index (χ3v) is 3.90. The van der Waals surface area contributed by atoms with Gasteiger partial charge in [-0.3, -0.25) is 4.79 Å². The van der Waals surface area contributed by atoms with Gasteiger partial charge in [0.05, 0.1) is 0 Å². The van der Waals surface area contributed by atoms with Gasteiger partial charge in [0.1, 0.15) is 18.4 Å². The predicted molar refractivity (Wildman–Crippen MR) is 105 cm³/mol. The van der Waals surface area contributed by atoms with Gasteiger partial charge in [0.15, 0.2) is 0 Å². The fourth-order valence-corrected chi connectivity index (χ4v) is 2.32. The molecular weight excluding hydrogens is 478 g/mol. The summed E-state index contributed by atoms with van der Waals surface area (Å²) in [7, 11) is 0. The zero-order chi connectivity index (χ0) is 26.1. The molecule has 1 aliphatic rings. The Balaban J connectivity index is 0.000000343. The van der Waals surface area contributed by atoms with E-state index < -0.39 is 36.2 Å². The Morgan fingerprint density at radius 3 is 1.94 bits per heavy atom. The maximum atomic E-state index is 11.0. The molecule has 14 heteroatoms. The normalized spacial score (nSPS) is 14.2. The number of nitrogens with two attached hydrogens (primary N) is 1. The zero-order valence-electron chi connectivity index (χ0n) is 17.0. The molecule has 186 valence electrons. The van der Waals surface area contributed by atoms with Crippen molar-refractivity contribution >= 4 is 23.5 Å². The van der Waals surface area contributed by atoms with E-state index in [1.165, 1.54) is 0 Å². The maximum Gasteiger partial charge on any atom is 0.490 e. The first-order valence-electron chi connectivity index (χ1n) is 9.07. The summed E-state index contributed by atoms with van der Waals surface area (Å²) in [4.78, 5) is 29.0. The number of alkyl halides is 6. The van der Waals surface area contributed by atoms with Crippen LogP contribution < -0.4 is 15.8 Å². The Morgan fingerprint density at radius 1 is 0.971 bits per heavy atom. The molecule has 2 aromatic rings. The van der Waals surface area contributed by atoms with Crippen LogP contribution in [0.4, 0.5) is 32.0 Å². The number of anilines is 1. The molecule has 0 spiro atoms. The molecule has 0 saturated heterocycles. The monoisotopic (exact) mass is 496 g/mol. The summed E-state index contributed by atoms with van der Waals surface area (Å²) < 4.78 is 69.6. The predicted octanol–water partition coefficient (Wildman–Crippen LogP) is 3.35. The second-order valence-electron chi connectivity index (χ2n) is 6.50. The highest BCUT2D eigenvalue weighted by Crippen LogP contribution is 2.30. The number of aliphatic carboxylic acids is 2. The third kappa shape index (κ3) is 9.67. The molecule has 5 N–H and O–H groups in total. The molecule has 1 amide bonds. The minimum atomic E-state index is -5.08. The van der Waals surface area contributed by atoms with E-state index in [1.807, 2.05) is 48.5 Å². The SMILES string of the molecule is NC(=O)C(F)(F)F.O=C(O)C(F)(F)F.O=C(O)[C@H]1Cc2cc(OCc3ccccc3)ccc2N1. The lowest BCUT2D eigenvalue weighted by Crippen LogP contribution is -2.30. The van der Waals surface area contributed by atoms with E-state index in [0.717, 1.165) is 22.6 Å². The number of carbonyl (C=O) groups excluding carboxylic acids is 1. The minimum absolute atomic E-state index is 0.493. The Kier molecular flexibility index (Phi) is 9.71. The summed E-state index contributed by atoms with van der Waals surface area (Å²) >= 11 is 0. The average Bonchev–Trinajstić information content (AvgIpc) is 3.16. The van der Waals surface area contributed by atoms with Gasteiger partial charge in [-0.1, -0.05) is 30.3 Å². The van der Waals surface area contributed by atoms with E-state index in [1.54, 1.807) is 0 Å². The van der Waals surface area contributed by atoms with E-state index in [9.17, 15) is 31.1 Å². The molecule has 0 fully saturated rings. The van der Waals surface area contributed by atoms with Gasteiger partial charge in [0, 0.05) is 12.1 Å². The molecule has 34 heavy (non-hydrogen) atoms. The van der Waals surface area contributed by atoms with Crippen LogP contribution >= 0.6 is 0 Å². The van der Waals surface area contributed by atoms with Gasteiger partial charge in [0.2, 0.25) is 0 Å². The highest BCUT2D eigenvalue weighted by Gasteiger charge is 2.38. The molecule has 1 atom stereocenters. The molecule has 0 aliphatic carbocycles. The fraction of sp³-hybridized carbons (Fsp3) is 0.250. The molecule has 8 nitrogen and oxygen atoms in total. The van der Waals surface area contributed by atoms with Crippen LogP contribution in [0, 0.1) is 0 Å². The van der Waals surface area contributed by atoms with Crippen molar-refractivity contribution in [1.29, 1.82) is 0 Å². The standard InChI is InChI=1S/C16H15NO3.C2H2F3NO.C2HF3O2/c18-16(19)15-9-12-8-13(6-7-14(12)17-15)20-10-11-4-2-1-3-5-11;2*3-2(4,5)1(6)7/h1-8,15,17H,9-10H2,(H,18,19);(H2,6,7);(H,6,7)/t15-;;/m1../s1. The molecule has 0 bridgehead atoms. The lowest BCUT2D eigenvalue weighted by atomic mass is 10.1. The van der Waals surface area contributed by atoms with E-state index in [0.29, 0.717) is 13.0 Å². The first-order valence-corrected chi connectivity index (χ1v) is 9.07. The summed E-state index contributed by atoms with van der Waals surface area (Å²) in [5.74, 6) is -5.08. The molecule has 3 rings (SSSR count). The molecule has 1 heterocycles. The maximum absolute atomic E-state index is 11.0. The van der Waals surface area contributed by atoms with Gasteiger partial charge in [0.25, 0.3) is 0 Å². The van der Waals surface area contributed by atoms with Crippen molar-refractivity contribution in [2.75, 3.05) is 5.32 Å². The van der Waals surface area contributed by atoms with Crippen molar-refractivity contribution in [1.82, 2.24) is 0 Å². The van der Waals surface area contributed by atoms with Crippen molar-refractivity contribution in [2.24, 2.45) is 5.73 Å². The summed E-state index contributed by atoms with van der Waals surface area (Å²) in [5, 5.41) is 19.1. The lowest BCUT2D eigenvalue weighted by Gasteiger charge is -2.08. The van der Waals surface area contributed by atoms with Gasteiger partial charge < -0.3 is 26.0 Å². The average molecular weight is 496 g/mol. The quantitative estimate of drug-likeness (QED) is 0.476. The molecule has 1 aliphatic heterocycles. The molecule has 0 radical (unpaired) electrons. The van der Waals surface area contributed by atoms with Crippen LogP contribution in [0.1, 0.15) is 11.1 Å². The Labute approximate surface area is 187 Å². The molecule has 0 aromatic heterocycles. The van der Waals surface area contributed by atoms with E-state index in [2.05, 4.69) is 11.1 Å². The van der Waals surface area contributed by atoms with Crippen LogP contribution in [-0.2, 0) is 27.4 Å². The summed E-state index contributed by atoms with van der Waals surface area (Å²) in [6, 6.07) is 15.0. The van der Waals surface area contributed by atoms with Crippen LogP contribution in [-0.4, -0.2) is 46.5 Å². The summed E-state index contributed by atoms with van der Waals surface area (Å²) in [6.45, 7) is 0.509. The van der Waals surface area contributed by atoms with E-state index >= 15 is 0 Å². The van der Waals surface area contributed by atoms with Gasteiger partial charge in [-0.05, 0) is 29.3 Å². The number of benzene rings is 2. The molecule has 0 saturated carbocycles. The number of hydrogen-bond acceptors (Lipinski definition) is 5. The van der Waals surface area contributed by atoms with Gasteiger partial charge >= 0.3 is 30.2 Å². The Morgan fingerprint density at radius 2 is 1.50 bits per heavy atom. The second-order valence-corrected chi connectivity index (χ2v) is 6.50. The van der Waals surface area contributed by atoms with Crippen molar-refractivity contribution in [3.05, 3.63) is 59.7 Å². The van der Waals surface area contributed by atoms with Crippen LogP contribution in [0.15, 0.2) is 48.5 Å². The zero-order valence-corrected chi connectivity index (χ0v) is 17.0. The van der Waals surface area contributed by atoms with Gasteiger partial charge in [-0.15, -0.1) is 0 Å². The number of carboxylic acids is 2. The first kappa shape index (κ1) is 28.1. The number of carbonyl (C=O) groups is 3. The number of fused-ring (bicyclic) bond motifs is 1. The lowest BCUT2D eigenvalue weighted by molar-refractivity contribution is -0.192. The number of amides is 1. The number of nitrogens with one attached hydrogen (secondary N) is 1. The second kappa shape index (κ2) is 11.8. The van der Waals surface area contributed by atoms with Crippen LogP contribution in [0.3, 0.4) is 0 Å². The Bertz CT molecular complexity index is 971. The van der Waals surface area contributed by atoms with Crippen LogP contribution in [0.2, 0.25) is 0 Å². The highest BCUT2D eigenvalue weighted by molar-refractivity contribution is 5.81. The molecule has 0 unspecified atom stereocenters. The van der Waals surface area contributed by atoms with Gasteiger partial charge in [-0.2, -0.15) is 26.3 Å². The Hall–Kier alpha value is -3.97. The van der Waals surface area contributed by atoms with E-state index in [-0.39, 0.29) is 0 Å². The minimum Gasteiger partial charge on any atom is -0.489 e. The smallest absolute Gasteiger partial charge is 0.489 e. The number of hydrogen-bond donors (Lipinski definition) is 4. The largest absolute Gasteiger partial charge is 0.490 e.